The molecule has 1 heterocycles. The Hall–Kier alpha value is -1.41. The van der Waals surface area contributed by atoms with E-state index in [1.165, 1.54) is 20.9 Å². The molecule has 0 aliphatic rings. The van der Waals surface area contributed by atoms with Crippen LogP contribution in [-0.2, 0) is 0 Å². The van der Waals surface area contributed by atoms with E-state index in [-0.39, 0.29) is 0 Å². The number of allylic oxidation sites excluding steroid dienone is 3. The summed E-state index contributed by atoms with van der Waals surface area (Å²) in [5, 5.41) is 0. The lowest BCUT2D eigenvalue weighted by Gasteiger charge is -1.99. The zero-order chi connectivity index (χ0) is 13.5. The van der Waals surface area contributed by atoms with Crippen molar-refractivity contribution in [2.24, 2.45) is 4.99 Å². The third-order valence-electron chi connectivity index (χ3n) is 2.65. The van der Waals surface area contributed by atoms with Crippen LogP contribution in [0.2, 0.25) is 0 Å². The summed E-state index contributed by atoms with van der Waals surface area (Å²) >= 11 is 1.80. The van der Waals surface area contributed by atoms with Crippen LogP contribution in [0.3, 0.4) is 0 Å². The summed E-state index contributed by atoms with van der Waals surface area (Å²) in [5.41, 5.74) is 3.67. The molecule has 0 saturated heterocycles. The Balaban J connectivity index is 3.43. The average Bonchev–Trinajstić information content (AvgIpc) is 2.66. The summed E-state index contributed by atoms with van der Waals surface area (Å²) in [4.78, 5) is 7.01. The number of thiophene rings is 1. The van der Waals surface area contributed by atoms with Crippen molar-refractivity contribution in [1.29, 1.82) is 0 Å². The van der Waals surface area contributed by atoms with Gasteiger partial charge in [-0.3, -0.25) is 4.99 Å². The first-order chi connectivity index (χ1) is 8.69. The number of rotatable bonds is 4. The van der Waals surface area contributed by atoms with Crippen molar-refractivity contribution in [2.75, 3.05) is 0 Å². The molecule has 0 aliphatic heterocycles. The van der Waals surface area contributed by atoms with E-state index < -0.39 is 0 Å². The summed E-state index contributed by atoms with van der Waals surface area (Å²) in [5.74, 6) is 0. The minimum atomic E-state index is 1.06. The number of nitrogens with zero attached hydrogens (tertiary/aromatic N) is 1. The van der Waals surface area contributed by atoms with Crippen LogP contribution < -0.4 is 0 Å². The van der Waals surface area contributed by atoms with E-state index in [1.807, 2.05) is 20.1 Å². The normalized spacial score (nSPS) is 13.5. The molecule has 0 aliphatic carbocycles. The quantitative estimate of drug-likeness (QED) is 0.626. The van der Waals surface area contributed by atoms with Crippen LogP contribution >= 0.6 is 11.3 Å². The van der Waals surface area contributed by atoms with Crippen molar-refractivity contribution >= 4 is 35.4 Å². The maximum Gasteiger partial charge on any atom is 0.0758 e. The summed E-state index contributed by atoms with van der Waals surface area (Å²) in [6.07, 6.45) is 12.4. The second kappa shape index (κ2) is 7.12. The van der Waals surface area contributed by atoms with Gasteiger partial charge in [0.15, 0.2) is 0 Å². The van der Waals surface area contributed by atoms with E-state index in [9.17, 15) is 0 Å². The first kappa shape index (κ1) is 14.7. The Labute approximate surface area is 114 Å². The second-order valence-corrected chi connectivity index (χ2v) is 4.95. The van der Waals surface area contributed by atoms with Crippen molar-refractivity contribution in [3.8, 4) is 0 Å². The van der Waals surface area contributed by atoms with Gasteiger partial charge in [-0.25, -0.2) is 0 Å². The van der Waals surface area contributed by atoms with E-state index in [2.05, 4.69) is 56.1 Å². The van der Waals surface area contributed by atoms with E-state index in [4.69, 9.17) is 0 Å². The third kappa shape index (κ3) is 3.08. The van der Waals surface area contributed by atoms with Crippen LogP contribution in [0.1, 0.15) is 48.6 Å². The van der Waals surface area contributed by atoms with Crippen LogP contribution in [0.25, 0.3) is 17.8 Å². The van der Waals surface area contributed by atoms with Crippen LogP contribution in [0.5, 0.6) is 0 Å². The Morgan fingerprint density at radius 2 is 1.72 bits per heavy atom. The van der Waals surface area contributed by atoms with Crippen molar-refractivity contribution in [3.05, 3.63) is 39.1 Å². The predicted molar refractivity (Wildman–Crippen MR) is 86.3 cm³/mol. The van der Waals surface area contributed by atoms with Gasteiger partial charge in [0, 0.05) is 11.1 Å². The number of hydrogen-bond acceptors (Lipinski definition) is 2. The van der Waals surface area contributed by atoms with Crippen LogP contribution in [-0.4, -0.2) is 6.21 Å². The lowest BCUT2D eigenvalue weighted by molar-refractivity contribution is 1.44. The first-order valence-electron chi connectivity index (χ1n) is 6.23. The lowest BCUT2D eigenvalue weighted by Crippen LogP contribution is -1.82. The van der Waals surface area contributed by atoms with E-state index in [0.29, 0.717) is 0 Å². The van der Waals surface area contributed by atoms with E-state index in [1.54, 1.807) is 11.3 Å². The number of hydrogen-bond donors (Lipinski definition) is 0. The number of aliphatic imine (C=N–C) groups is 1. The molecular weight excluding hydrogens is 238 g/mol. The molecule has 0 saturated carbocycles. The molecule has 0 aromatic carbocycles. The Kier molecular flexibility index (Phi) is 5.79. The molecule has 0 atom stereocenters. The Morgan fingerprint density at radius 3 is 2.22 bits per heavy atom. The first-order valence-corrected chi connectivity index (χ1v) is 7.05. The molecular formula is C16H21NS. The predicted octanol–water partition coefficient (Wildman–Crippen LogP) is 5.57. The van der Waals surface area contributed by atoms with Gasteiger partial charge in [0.1, 0.15) is 0 Å². The fourth-order valence-electron chi connectivity index (χ4n) is 1.85. The van der Waals surface area contributed by atoms with Gasteiger partial charge >= 0.3 is 0 Å². The van der Waals surface area contributed by atoms with Gasteiger partial charge in [-0.05, 0) is 51.8 Å². The summed E-state index contributed by atoms with van der Waals surface area (Å²) in [7, 11) is 0. The van der Waals surface area contributed by atoms with Gasteiger partial charge in [0.05, 0.1) is 10.6 Å². The molecule has 1 rings (SSSR count). The molecule has 1 aromatic rings. The monoisotopic (exact) mass is 259 g/mol. The van der Waals surface area contributed by atoms with Crippen molar-refractivity contribution in [3.63, 3.8) is 0 Å². The maximum atomic E-state index is 4.45. The van der Waals surface area contributed by atoms with Gasteiger partial charge in [0.25, 0.3) is 0 Å². The molecule has 0 radical (unpaired) electrons. The minimum absolute atomic E-state index is 1.06. The standard InChI is InChI=1S/C16H21NS/c1-6-10-13-12(5)16(14(8-3)17-9-4)18-15(13)11-7-2/h6-11H,1-5H3/b10-6-,11-7-,14-8-,17-9?. The highest BCUT2D eigenvalue weighted by atomic mass is 32.1. The van der Waals surface area contributed by atoms with Gasteiger partial charge in [-0.15, -0.1) is 11.3 Å². The van der Waals surface area contributed by atoms with E-state index >= 15 is 0 Å². The van der Waals surface area contributed by atoms with E-state index in [0.717, 1.165) is 5.70 Å². The van der Waals surface area contributed by atoms with Crippen LogP contribution in [0.15, 0.2) is 23.2 Å². The van der Waals surface area contributed by atoms with Crippen molar-refractivity contribution < 1.29 is 0 Å². The fraction of sp³-hybridized carbons (Fsp3) is 0.312. The largest absolute Gasteiger partial charge is 0.260 e. The molecule has 2 heteroatoms. The Morgan fingerprint density at radius 1 is 1.06 bits per heavy atom. The molecule has 0 spiro atoms. The molecule has 18 heavy (non-hydrogen) atoms. The highest BCUT2D eigenvalue weighted by Gasteiger charge is 2.13. The molecule has 0 bridgehead atoms. The zero-order valence-corrected chi connectivity index (χ0v) is 12.6. The van der Waals surface area contributed by atoms with Gasteiger partial charge < -0.3 is 0 Å². The summed E-state index contributed by atoms with van der Waals surface area (Å²) in [6.45, 7) is 10.3. The van der Waals surface area contributed by atoms with Crippen molar-refractivity contribution in [1.82, 2.24) is 0 Å². The molecule has 0 amide bonds. The zero-order valence-electron chi connectivity index (χ0n) is 11.8. The third-order valence-corrected chi connectivity index (χ3v) is 3.94. The molecule has 1 aromatic heterocycles. The fourth-order valence-corrected chi connectivity index (χ4v) is 3.14. The smallest absolute Gasteiger partial charge is 0.0758 e. The van der Waals surface area contributed by atoms with Gasteiger partial charge in [-0.1, -0.05) is 24.3 Å². The van der Waals surface area contributed by atoms with Crippen LogP contribution in [0, 0.1) is 6.92 Å². The average molecular weight is 259 g/mol. The molecule has 0 fully saturated rings. The highest BCUT2D eigenvalue weighted by molar-refractivity contribution is 7.14. The summed E-state index contributed by atoms with van der Waals surface area (Å²) < 4.78 is 0. The summed E-state index contributed by atoms with van der Waals surface area (Å²) in [6, 6.07) is 0. The highest BCUT2D eigenvalue weighted by Crippen LogP contribution is 2.35. The van der Waals surface area contributed by atoms with Gasteiger partial charge in [0.2, 0.25) is 0 Å². The topological polar surface area (TPSA) is 12.4 Å². The van der Waals surface area contributed by atoms with Crippen molar-refractivity contribution in [2.45, 2.75) is 34.6 Å². The minimum Gasteiger partial charge on any atom is -0.260 e. The molecule has 0 N–H and O–H groups in total. The maximum absolute atomic E-state index is 4.45. The molecule has 0 unspecified atom stereocenters. The second-order valence-electron chi connectivity index (χ2n) is 3.90. The molecule has 96 valence electrons. The SMILES string of the molecule is CC=N/C(=C\C)c1sc(/C=C\C)c(/C=C\C)c1C. The molecule has 1 nitrogen and oxygen atoms in total. The van der Waals surface area contributed by atoms with Crippen LogP contribution in [0.4, 0.5) is 0 Å². The lowest BCUT2D eigenvalue weighted by atomic mass is 10.1. The Bertz CT molecular complexity index is 513. The van der Waals surface area contributed by atoms with Gasteiger partial charge in [-0.2, -0.15) is 0 Å².